The van der Waals surface area contributed by atoms with Crippen molar-refractivity contribution < 1.29 is 19.1 Å². The molecule has 0 aromatic heterocycles. The minimum Gasteiger partial charge on any atom is -0.491 e. The van der Waals surface area contributed by atoms with Crippen LogP contribution in [-0.2, 0) is 20.7 Å². The Morgan fingerprint density at radius 3 is 2.24 bits per heavy atom. The Morgan fingerprint density at radius 1 is 0.929 bits per heavy atom. The van der Waals surface area contributed by atoms with Crippen molar-refractivity contribution in [2.24, 2.45) is 11.7 Å². The van der Waals surface area contributed by atoms with E-state index in [9.17, 15) is 9.59 Å². The maximum atomic E-state index is 13.4. The monoisotopic (exact) mass is 591 g/mol. The summed E-state index contributed by atoms with van der Waals surface area (Å²) in [6, 6.07) is 26.0. The molecule has 0 saturated carbocycles. The number of amides is 1. The molecule has 0 aliphatic carbocycles. The number of nitrogens with two attached hydrogens (primary N) is 1. The van der Waals surface area contributed by atoms with Gasteiger partial charge in [0, 0.05) is 24.4 Å². The molecule has 3 aromatic rings. The highest BCUT2D eigenvalue weighted by Crippen LogP contribution is 2.31. The number of esters is 1. The van der Waals surface area contributed by atoms with Gasteiger partial charge in [-0.25, -0.2) is 0 Å². The second-order valence-corrected chi connectivity index (χ2v) is 10.7. The van der Waals surface area contributed by atoms with E-state index in [1.807, 2.05) is 59.5 Å². The summed E-state index contributed by atoms with van der Waals surface area (Å²) in [4.78, 5) is 26.8. The molecule has 1 heterocycles. The van der Waals surface area contributed by atoms with Gasteiger partial charge in [0.1, 0.15) is 18.2 Å². The first kappa shape index (κ1) is 32.7. The third kappa shape index (κ3) is 9.35. The fourth-order valence-corrected chi connectivity index (χ4v) is 5.48. The van der Waals surface area contributed by atoms with Gasteiger partial charge in [-0.2, -0.15) is 0 Å². The minimum atomic E-state index is -0.178. The van der Waals surface area contributed by atoms with E-state index < -0.39 is 0 Å². The van der Waals surface area contributed by atoms with Crippen LogP contribution in [0.5, 0.6) is 5.75 Å². The molecule has 1 fully saturated rings. The third-order valence-corrected chi connectivity index (χ3v) is 7.82. The fraction of sp³-hybridized carbons (Fsp3) is 0.382. The normalized spacial score (nSPS) is 16.1. The van der Waals surface area contributed by atoms with Crippen LogP contribution in [0.25, 0.3) is 11.1 Å². The van der Waals surface area contributed by atoms with Gasteiger partial charge in [0.05, 0.1) is 13.2 Å². The summed E-state index contributed by atoms with van der Waals surface area (Å²) in [5.41, 5.74) is 9.65. The number of aryl methyl sites for hydroxylation is 1. The molecule has 1 aliphatic heterocycles. The Morgan fingerprint density at radius 2 is 1.60 bits per heavy atom. The zero-order valence-electron chi connectivity index (χ0n) is 24.3. The summed E-state index contributed by atoms with van der Waals surface area (Å²) in [5.74, 6) is 0.878. The number of hydrogen-bond donors (Lipinski definition) is 2. The van der Waals surface area contributed by atoms with E-state index in [1.165, 1.54) is 12.7 Å². The van der Waals surface area contributed by atoms with Gasteiger partial charge in [-0.3, -0.25) is 15.0 Å². The molecule has 4 rings (SSSR count). The zero-order chi connectivity index (χ0) is 29.0. The van der Waals surface area contributed by atoms with E-state index in [1.54, 1.807) is 0 Å². The number of nitrogens with zero attached hydrogens (tertiary/aromatic N) is 1. The van der Waals surface area contributed by atoms with Crippen molar-refractivity contribution in [2.45, 2.75) is 57.4 Å². The Bertz CT molecular complexity index is 1280. The molecule has 1 aliphatic rings. The number of carbonyl (C=O) groups excluding carboxylic acids is 2. The molecule has 3 N–H and O–H groups in total. The number of rotatable bonds is 15. The van der Waals surface area contributed by atoms with Crippen molar-refractivity contribution in [3.05, 3.63) is 90.0 Å². The average molecular weight is 592 g/mol. The summed E-state index contributed by atoms with van der Waals surface area (Å²) >= 11 is 0. The van der Waals surface area contributed by atoms with Crippen LogP contribution in [0.15, 0.2) is 78.9 Å². The lowest BCUT2D eigenvalue weighted by atomic mass is 9.97. The van der Waals surface area contributed by atoms with Crippen molar-refractivity contribution in [3.63, 3.8) is 0 Å². The van der Waals surface area contributed by atoms with E-state index in [2.05, 4.69) is 24.3 Å². The van der Waals surface area contributed by atoms with Gasteiger partial charge in [-0.05, 0) is 60.9 Å². The first-order valence-electron chi connectivity index (χ1n) is 14.5. The summed E-state index contributed by atoms with van der Waals surface area (Å²) < 4.78 is 10.9. The lowest BCUT2D eigenvalue weighted by Gasteiger charge is -2.25. The quantitative estimate of drug-likeness (QED) is 0.0919. The molecule has 1 saturated heterocycles. The summed E-state index contributed by atoms with van der Waals surface area (Å²) in [5, 5.41) is 7.56. The van der Waals surface area contributed by atoms with E-state index in [-0.39, 0.29) is 42.1 Å². The zero-order valence-corrected chi connectivity index (χ0v) is 25.1. The number of likely N-dealkylation sites (tertiary alicyclic amines) is 1. The Kier molecular flexibility index (Phi) is 12.9. The lowest BCUT2D eigenvalue weighted by Crippen LogP contribution is -2.38. The molecule has 42 heavy (non-hydrogen) atoms. The van der Waals surface area contributed by atoms with Gasteiger partial charge < -0.3 is 20.1 Å². The smallest absolute Gasteiger partial charge is 0.305 e. The number of nitrogens with one attached hydrogen (secondary N) is 1. The van der Waals surface area contributed by atoms with Crippen molar-refractivity contribution >= 4 is 30.1 Å². The van der Waals surface area contributed by atoms with Gasteiger partial charge in [0.2, 0.25) is 5.91 Å². The molecule has 0 spiro atoms. The van der Waals surface area contributed by atoms with Gasteiger partial charge >= 0.3 is 5.97 Å². The van der Waals surface area contributed by atoms with Crippen LogP contribution in [0.2, 0.25) is 0 Å². The molecule has 0 unspecified atom stereocenters. The second kappa shape index (κ2) is 16.6. The van der Waals surface area contributed by atoms with E-state index >= 15 is 0 Å². The predicted molar refractivity (Wildman–Crippen MR) is 169 cm³/mol. The number of benzene rings is 3. The highest BCUT2D eigenvalue weighted by atomic mass is 35.5. The van der Waals surface area contributed by atoms with E-state index in [0.717, 1.165) is 68.4 Å². The molecule has 224 valence electrons. The van der Waals surface area contributed by atoms with Crippen LogP contribution in [0.4, 0.5) is 0 Å². The van der Waals surface area contributed by atoms with Crippen LogP contribution in [-0.4, -0.2) is 48.9 Å². The Balaban J connectivity index is 0.00000484. The largest absolute Gasteiger partial charge is 0.491 e. The maximum absolute atomic E-state index is 13.4. The number of hydrogen-bond acceptors (Lipinski definition) is 5. The first-order valence-corrected chi connectivity index (χ1v) is 14.5. The van der Waals surface area contributed by atoms with E-state index in [0.29, 0.717) is 18.6 Å². The highest BCUT2D eigenvalue weighted by Gasteiger charge is 2.38. The van der Waals surface area contributed by atoms with Crippen LogP contribution in [0.1, 0.15) is 56.1 Å². The van der Waals surface area contributed by atoms with Crippen molar-refractivity contribution in [1.82, 2.24) is 4.90 Å². The number of nitrogen functional groups attached to an aromatic ring is 1. The van der Waals surface area contributed by atoms with Crippen LogP contribution < -0.4 is 10.5 Å². The molecule has 7 nitrogen and oxygen atoms in total. The molecule has 1 amide bonds. The van der Waals surface area contributed by atoms with Gasteiger partial charge in [-0.15, -0.1) is 12.4 Å². The van der Waals surface area contributed by atoms with Crippen molar-refractivity contribution in [3.8, 4) is 16.9 Å². The van der Waals surface area contributed by atoms with Crippen LogP contribution in [0, 0.1) is 11.3 Å². The molecular weight excluding hydrogens is 550 g/mol. The summed E-state index contributed by atoms with van der Waals surface area (Å²) in [6.45, 7) is 1.18. The predicted octanol–water partition coefficient (Wildman–Crippen LogP) is 6.41. The lowest BCUT2D eigenvalue weighted by molar-refractivity contribution is -0.140. The number of unbranched alkanes of at least 4 members (excludes halogenated alkanes) is 2. The Labute approximate surface area is 255 Å². The van der Waals surface area contributed by atoms with Crippen LogP contribution >= 0.6 is 12.4 Å². The van der Waals surface area contributed by atoms with E-state index in [4.69, 9.17) is 20.6 Å². The second-order valence-electron chi connectivity index (χ2n) is 10.7. The molecular formula is C34H42ClN3O4. The molecule has 3 aromatic carbocycles. The van der Waals surface area contributed by atoms with Gasteiger partial charge in [0.25, 0.3) is 0 Å². The number of methoxy groups -OCH3 is 1. The number of amidine groups is 1. The molecule has 2 atom stereocenters. The summed E-state index contributed by atoms with van der Waals surface area (Å²) in [7, 11) is 1.41. The minimum absolute atomic E-state index is 0. The first-order chi connectivity index (χ1) is 19.9. The highest BCUT2D eigenvalue weighted by molar-refractivity contribution is 5.95. The Hall–Kier alpha value is -3.84. The van der Waals surface area contributed by atoms with Crippen LogP contribution in [0.3, 0.4) is 0 Å². The van der Waals surface area contributed by atoms with Crippen molar-refractivity contribution in [1.29, 1.82) is 5.41 Å². The third-order valence-electron chi connectivity index (χ3n) is 7.82. The maximum Gasteiger partial charge on any atom is 0.305 e. The fourth-order valence-electron chi connectivity index (χ4n) is 5.48. The molecule has 0 bridgehead atoms. The number of carbonyl (C=O) groups is 2. The topological polar surface area (TPSA) is 106 Å². The number of halogens is 1. The van der Waals surface area contributed by atoms with Gasteiger partial charge in [0.15, 0.2) is 0 Å². The van der Waals surface area contributed by atoms with Crippen molar-refractivity contribution in [2.75, 3.05) is 20.3 Å². The number of ether oxygens (including phenoxy) is 2. The SMILES string of the molecule is COC(=O)CCCCC[C@@H]1C[C@@H](COc2ccc(-c3ccc(C(=N)N)cc3)cc2)N(CCCc2ccccc2)C1=O.Cl. The van der Waals surface area contributed by atoms with Gasteiger partial charge in [-0.1, -0.05) is 79.6 Å². The molecule has 8 heteroatoms. The molecule has 0 radical (unpaired) electrons. The summed E-state index contributed by atoms with van der Waals surface area (Å²) in [6.07, 6.45) is 6.54. The standard InChI is InChI=1S/C34H41N3O4.ClH/c1-40-32(38)13-7-3-6-12-29-23-30(37(34(29)39)22-8-11-25-9-4-2-5-10-25)24-41-31-20-18-27(19-21-31)26-14-16-28(17-15-26)33(35)36;/h2,4-5,9-10,14-21,29-30H,3,6-8,11-13,22-24H2,1H3,(H3,35,36);1H/t29-,30+;/m1./s1. The average Bonchev–Trinajstić information content (AvgIpc) is 3.30.